The van der Waals surface area contributed by atoms with Crippen LogP contribution >= 0.6 is 11.3 Å². The SMILES string of the molecule is CNC1CCN(c2cccc3c(CC(F)(F)F)csc23)C(F)C1. The van der Waals surface area contributed by atoms with E-state index >= 15 is 0 Å². The Kier molecular flexibility index (Phi) is 4.51. The summed E-state index contributed by atoms with van der Waals surface area (Å²) in [4.78, 5) is 1.67. The molecule has 2 atom stereocenters. The fourth-order valence-electron chi connectivity index (χ4n) is 3.12. The molecule has 0 radical (unpaired) electrons. The summed E-state index contributed by atoms with van der Waals surface area (Å²) in [7, 11) is 1.82. The number of thiophene rings is 1. The molecule has 0 aliphatic carbocycles. The molecule has 23 heavy (non-hydrogen) atoms. The Morgan fingerprint density at radius 1 is 1.35 bits per heavy atom. The fourth-order valence-corrected chi connectivity index (χ4v) is 4.23. The maximum atomic E-state index is 14.5. The molecule has 3 rings (SSSR count). The van der Waals surface area contributed by atoms with Crippen LogP contribution in [-0.2, 0) is 6.42 Å². The van der Waals surface area contributed by atoms with Gasteiger partial charge in [0.05, 0.1) is 16.8 Å². The number of hydrogen-bond acceptors (Lipinski definition) is 3. The highest BCUT2D eigenvalue weighted by atomic mass is 32.1. The van der Waals surface area contributed by atoms with E-state index in [4.69, 9.17) is 0 Å². The van der Waals surface area contributed by atoms with Gasteiger partial charge in [-0.05, 0) is 35.9 Å². The van der Waals surface area contributed by atoms with Crippen LogP contribution in [0.4, 0.5) is 23.2 Å². The number of alkyl halides is 4. The van der Waals surface area contributed by atoms with E-state index in [2.05, 4.69) is 5.32 Å². The van der Waals surface area contributed by atoms with Crippen LogP contribution in [0.5, 0.6) is 0 Å². The van der Waals surface area contributed by atoms with Gasteiger partial charge in [0.2, 0.25) is 0 Å². The minimum Gasteiger partial charge on any atom is -0.341 e. The van der Waals surface area contributed by atoms with E-state index in [-0.39, 0.29) is 11.6 Å². The molecule has 0 amide bonds. The van der Waals surface area contributed by atoms with E-state index in [1.54, 1.807) is 23.1 Å². The van der Waals surface area contributed by atoms with Crippen molar-refractivity contribution in [2.24, 2.45) is 0 Å². The quantitative estimate of drug-likeness (QED) is 0.651. The third-order valence-corrected chi connectivity index (χ3v) is 5.37. The van der Waals surface area contributed by atoms with Gasteiger partial charge in [0.1, 0.15) is 0 Å². The summed E-state index contributed by atoms with van der Waals surface area (Å²) in [5.74, 6) is 0. The van der Waals surface area contributed by atoms with E-state index in [1.165, 1.54) is 16.7 Å². The Labute approximate surface area is 136 Å². The lowest BCUT2D eigenvalue weighted by atomic mass is 10.0. The Morgan fingerprint density at radius 3 is 2.78 bits per heavy atom. The van der Waals surface area contributed by atoms with Crippen LogP contribution in [0.3, 0.4) is 0 Å². The van der Waals surface area contributed by atoms with Gasteiger partial charge in [-0.3, -0.25) is 0 Å². The average molecular weight is 346 g/mol. The molecule has 2 aromatic rings. The van der Waals surface area contributed by atoms with Crippen molar-refractivity contribution in [3.05, 3.63) is 29.1 Å². The summed E-state index contributed by atoms with van der Waals surface area (Å²) in [5, 5.41) is 5.20. The van der Waals surface area contributed by atoms with Crippen molar-refractivity contribution >= 4 is 27.1 Å². The summed E-state index contributed by atoms with van der Waals surface area (Å²) >= 11 is 1.26. The number of benzene rings is 1. The van der Waals surface area contributed by atoms with E-state index in [9.17, 15) is 17.6 Å². The highest BCUT2D eigenvalue weighted by Crippen LogP contribution is 2.39. The number of anilines is 1. The third kappa shape index (κ3) is 3.45. The average Bonchev–Trinajstić information content (AvgIpc) is 2.88. The highest BCUT2D eigenvalue weighted by molar-refractivity contribution is 7.18. The highest BCUT2D eigenvalue weighted by Gasteiger charge is 2.31. The van der Waals surface area contributed by atoms with Gasteiger partial charge in [-0.2, -0.15) is 13.2 Å². The van der Waals surface area contributed by atoms with E-state index in [0.717, 1.165) is 11.1 Å². The molecule has 0 spiro atoms. The molecule has 1 fully saturated rings. The number of fused-ring (bicyclic) bond motifs is 1. The monoisotopic (exact) mass is 346 g/mol. The molecule has 7 heteroatoms. The van der Waals surface area contributed by atoms with Crippen LogP contribution in [0.2, 0.25) is 0 Å². The molecule has 1 aliphatic heterocycles. The lowest BCUT2D eigenvalue weighted by Gasteiger charge is -2.36. The minimum atomic E-state index is -4.24. The van der Waals surface area contributed by atoms with Crippen molar-refractivity contribution in [2.45, 2.75) is 37.8 Å². The van der Waals surface area contributed by atoms with Crippen molar-refractivity contribution in [1.82, 2.24) is 5.32 Å². The van der Waals surface area contributed by atoms with Gasteiger partial charge in [-0.1, -0.05) is 12.1 Å². The zero-order valence-electron chi connectivity index (χ0n) is 12.7. The summed E-state index contributed by atoms with van der Waals surface area (Å²) in [6.45, 7) is 0.554. The van der Waals surface area contributed by atoms with Crippen molar-refractivity contribution < 1.29 is 17.6 Å². The topological polar surface area (TPSA) is 15.3 Å². The van der Waals surface area contributed by atoms with Crippen LogP contribution in [0.25, 0.3) is 10.1 Å². The molecule has 2 unspecified atom stereocenters. The third-order valence-electron chi connectivity index (χ3n) is 4.30. The van der Waals surface area contributed by atoms with E-state index < -0.39 is 18.9 Å². The van der Waals surface area contributed by atoms with Crippen LogP contribution in [0.1, 0.15) is 18.4 Å². The molecule has 1 aliphatic rings. The Balaban J connectivity index is 1.93. The maximum Gasteiger partial charge on any atom is 0.393 e. The summed E-state index contributed by atoms with van der Waals surface area (Å²) in [6, 6.07) is 5.33. The predicted octanol–water partition coefficient (Wildman–Crippen LogP) is 4.49. The summed E-state index contributed by atoms with van der Waals surface area (Å²) < 4.78 is 53.2. The number of hydrogen-bond donors (Lipinski definition) is 1. The second kappa shape index (κ2) is 6.28. The second-order valence-corrected chi connectivity index (χ2v) is 6.72. The van der Waals surface area contributed by atoms with E-state index in [0.29, 0.717) is 24.0 Å². The lowest BCUT2D eigenvalue weighted by molar-refractivity contribution is -0.126. The van der Waals surface area contributed by atoms with Crippen LogP contribution in [0.15, 0.2) is 23.6 Å². The van der Waals surface area contributed by atoms with Crippen molar-refractivity contribution in [3.8, 4) is 0 Å². The van der Waals surface area contributed by atoms with Crippen molar-refractivity contribution in [2.75, 3.05) is 18.5 Å². The molecular weight excluding hydrogens is 328 g/mol. The summed E-state index contributed by atoms with van der Waals surface area (Å²) in [5.41, 5.74) is 0.961. The molecule has 2 heterocycles. The molecular formula is C16H18F4N2S. The number of nitrogens with one attached hydrogen (secondary N) is 1. The Morgan fingerprint density at radius 2 is 2.13 bits per heavy atom. The first-order valence-corrected chi connectivity index (χ1v) is 8.41. The molecule has 1 aromatic carbocycles. The minimum absolute atomic E-state index is 0.143. The van der Waals surface area contributed by atoms with Gasteiger partial charge in [0, 0.05) is 19.0 Å². The van der Waals surface area contributed by atoms with Gasteiger partial charge in [0.25, 0.3) is 0 Å². The van der Waals surface area contributed by atoms with Crippen LogP contribution in [0, 0.1) is 0 Å². The number of piperidine rings is 1. The largest absolute Gasteiger partial charge is 0.393 e. The first kappa shape index (κ1) is 16.5. The van der Waals surface area contributed by atoms with Gasteiger partial charge < -0.3 is 10.2 Å². The number of nitrogens with zero attached hydrogens (tertiary/aromatic N) is 1. The fraction of sp³-hybridized carbons (Fsp3) is 0.500. The number of rotatable bonds is 3. The molecule has 126 valence electrons. The predicted molar refractivity (Wildman–Crippen MR) is 85.9 cm³/mol. The first-order chi connectivity index (χ1) is 10.9. The zero-order chi connectivity index (χ0) is 16.6. The standard InChI is InChI=1S/C16H18F4N2S/c1-21-11-5-6-22(14(17)7-11)13-4-2-3-12-10(8-16(18,19)20)9-23-15(12)13/h2-4,9,11,14,21H,5-8H2,1H3. The lowest BCUT2D eigenvalue weighted by Crippen LogP contribution is -2.46. The van der Waals surface area contributed by atoms with Gasteiger partial charge in [-0.25, -0.2) is 4.39 Å². The molecule has 1 saturated heterocycles. The smallest absolute Gasteiger partial charge is 0.341 e. The Hall–Kier alpha value is -1.34. The number of halogens is 4. The normalized spacial score (nSPS) is 22.7. The molecule has 0 saturated carbocycles. The molecule has 2 nitrogen and oxygen atoms in total. The maximum absolute atomic E-state index is 14.5. The first-order valence-electron chi connectivity index (χ1n) is 7.53. The van der Waals surface area contributed by atoms with Gasteiger partial charge in [0.15, 0.2) is 6.30 Å². The van der Waals surface area contributed by atoms with Crippen molar-refractivity contribution in [3.63, 3.8) is 0 Å². The molecule has 1 aromatic heterocycles. The summed E-state index contributed by atoms with van der Waals surface area (Å²) in [6.07, 6.45) is -5.11. The molecule has 1 N–H and O–H groups in total. The molecule has 0 bridgehead atoms. The van der Waals surface area contributed by atoms with Crippen LogP contribution < -0.4 is 10.2 Å². The van der Waals surface area contributed by atoms with E-state index in [1.807, 2.05) is 7.05 Å². The van der Waals surface area contributed by atoms with Crippen LogP contribution in [-0.4, -0.2) is 32.1 Å². The zero-order valence-corrected chi connectivity index (χ0v) is 13.5. The second-order valence-electron chi connectivity index (χ2n) is 5.84. The van der Waals surface area contributed by atoms with Crippen molar-refractivity contribution in [1.29, 1.82) is 0 Å². The van der Waals surface area contributed by atoms with Gasteiger partial charge >= 0.3 is 6.18 Å². The Bertz CT molecular complexity index is 682. The van der Waals surface area contributed by atoms with Gasteiger partial charge in [-0.15, -0.1) is 11.3 Å².